The number of rotatable bonds is 2. The molecule has 1 aromatic carbocycles. The molecule has 5 unspecified atom stereocenters. The van der Waals surface area contributed by atoms with Crippen LogP contribution in [0.2, 0.25) is 0 Å². The molecule has 2 aliphatic carbocycles. The number of benzene rings is 1. The predicted octanol–water partition coefficient (Wildman–Crippen LogP) is 2.03. The Hall–Kier alpha value is -0.930. The van der Waals surface area contributed by atoms with E-state index in [1.807, 2.05) is 12.1 Å². The molecule has 1 saturated heterocycles. The van der Waals surface area contributed by atoms with Crippen molar-refractivity contribution < 1.29 is 9.50 Å². The third-order valence-corrected chi connectivity index (χ3v) is 5.28. The van der Waals surface area contributed by atoms with Crippen LogP contribution in [0.15, 0.2) is 24.3 Å². The first-order chi connectivity index (χ1) is 8.74. The highest BCUT2D eigenvalue weighted by molar-refractivity contribution is 5.19. The molecule has 1 aliphatic heterocycles. The second-order valence-electron chi connectivity index (χ2n) is 6.16. The van der Waals surface area contributed by atoms with Gasteiger partial charge in [0, 0.05) is 24.7 Å². The summed E-state index contributed by atoms with van der Waals surface area (Å²) in [6.07, 6.45) is 2.18. The van der Waals surface area contributed by atoms with Crippen molar-refractivity contribution >= 4 is 0 Å². The molecule has 2 bridgehead atoms. The van der Waals surface area contributed by atoms with Gasteiger partial charge in [-0.15, -0.1) is 0 Å². The molecule has 2 saturated carbocycles. The number of halogens is 1. The third-order valence-electron chi connectivity index (χ3n) is 5.28. The van der Waals surface area contributed by atoms with Crippen LogP contribution in [-0.2, 0) is 6.54 Å². The zero-order valence-corrected chi connectivity index (χ0v) is 10.3. The SMILES string of the molecule is OC1C2CC3CN(Cc4ccccc4F)C1C3C2. The fraction of sp³-hybridized carbons (Fsp3) is 0.600. The molecule has 3 fully saturated rings. The molecule has 1 N–H and O–H groups in total. The highest BCUT2D eigenvalue weighted by Crippen LogP contribution is 2.55. The zero-order valence-electron chi connectivity index (χ0n) is 10.3. The van der Waals surface area contributed by atoms with E-state index < -0.39 is 0 Å². The monoisotopic (exact) mass is 247 g/mol. The number of hydrogen-bond donors (Lipinski definition) is 1. The van der Waals surface area contributed by atoms with Gasteiger partial charge in [-0.3, -0.25) is 4.90 Å². The lowest BCUT2D eigenvalue weighted by Gasteiger charge is -2.29. The molecular formula is C15H18FNO. The van der Waals surface area contributed by atoms with Crippen molar-refractivity contribution in [1.82, 2.24) is 4.90 Å². The van der Waals surface area contributed by atoms with Crippen LogP contribution in [0.4, 0.5) is 4.39 Å². The van der Waals surface area contributed by atoms with Crippen LogP contribution >= 0.6 is 0 Å². The number of hydrogen-bond acceptors (Lipinski definition) is 2. The van der Waals surface area contributed by atoms with E-state index in [0.717, 1.165) is 18.0 Å². The second kappa shape index (κ2) is 3.78. The molecule has 5 atom stereocenters. The summed E-state index contributed by atoms with van der Waals surface area (Å²) in [5.41, 5.74) is 0.759. The summed E-state index contributed by atoms with van der Waals surface area (Å²) in [7, 11) is 0. The minimum atomic E-state index is -0.180. The Morgan fingerprint density at radius 1 is 1.22 bits per heavy atom. The van der Waals surface area contributed by atoms with E-state index in [0.29, 0.717) is 18.4 Å². The van der Waals surface area contributed by atoms with Crippen LogP contribution in [0.1, 0.15) is 18.4 Å². The minimum Gasteiger partial charge on any atom is -0.391 e. The lowest BCUT2D eigenvalue weighted by Crippen LogP contribution is -2.40. The Labute approximate surface area is 106 Å². The van der Waals surface area contributed by atoms with Crippen molar-refractivity contribution in [2.45, 2.75) is 31.5 Å². The van der Waals surface area contributed by atoms with Crippen molar-refractivity contribution in [2.75, 3.05) is 6.54 Å². The van der Waals surface area contributed by atoms with Gasteiger partial charge in [0.2, 0.25) is 0 Å². The molecule has 4 rings (SSSR count). The van der Waals surface area contributed by atoms with Crippen LogP contribution < -0.4 is 0 Å². The Morgan fingerprint density at radius 2 is 2.06 bits per heavy atom. The van der Waals surface area contributed by atoms with Gasteiger partial charge in [-0.05, 0) is 36.7 Å². The van der Waals surface area contributed by atoms with E-state index in [1.54, 1.807) is 6.07 Å². The van der Waals surface area contributed by atoms with Crippen LogP contribution in [0.25, 0.3) is 0 Å². The van der Waals surface area contributed by atoms with E-state index in [-0.39, 0.29) is 18.0 Å². The smallest absolute Gasteiger partial charge is 0.127 e. The maximum Gasteiger partial charge on any atom is 0.127 e. The Kier molecular flexibility index (Phi) is 2.30. The Morgan fingerprint density at radius 3 is 2.83 bits per heavy atom. The topological polar surface area (TPSA) is 23.5 Å². The van der Waals surface area contributed by atoms with Crippen molar-refractivity contribution in [2.24, 2.45) is 17.8 Å². The van der Waals surface area contributed by atoms with Gasteiger partial charge in [-0.1, -0.05) is 18.2 Å². The summed E-state index contributed by atoms with van der Waals surface area (Å²) in [4.78, 5) is 2.31. The van der Waals surface area contributed by atoms with Crippen molar-refractivity contribution in [3.63, 3.8) is 0 Å². The lowest BCUT2D eigenvalue weighted by atomic mass is 9.88. The minimum absolute atomic E-state index is 0.124. The molecular weight excluding hydrogens is 229 g/mol. The summed E-state index contributed by atoms with van der Waals surface area (Å²) in [6, 6.07) is 7.28. The standard InChI is InChI=1S/C15H18FNO/c16-13-4-2-1-3-9(13)7-17-8-11-5-10-6-12(11)14(17)15(10)18/h1-4,10-12,14-15,18H,5-8H2. The first-order valence-corrected chi connectivity index (χ1v) is 6.89. The number of likely N-dealkylation sites (tertiary alicyclic amines) is 1. The summed E-state index contributed by atoms with van der Waals surface area (Å²) < 4.78 is 13.7. The Bertz CT molecular complexity index is 475. The fourth-order valence-corrected chi connectivity index (χ4v) is 4.57. The quantitative estimate of drug-likeness (QED) is 0.864. The largest absolute Gasteiger partial charge is 0.391 e. The number of nitrogens with zero attached hydrogens (tertiary/aromatic N) is 1. The molecule has 2 nitrogen and oxygen atoms in total. The summed E-state index contributed by atoms with van der Waals surface area (Å²) in [5.74, 6) is 1.79. The summed E-state index contributed by atoms with van der Waals surface area (Å²) >= 11 is 0. The Balaban J connectivity index is 1.59. The molecule has 0 amide bonds. The van der Waals surface area contributed by atoms with Crippen LogP contribution in [0, 0.1) is 23.6 Å². The van der Waals surface area contributed by atoms with Gasteiger partial charge >= 0.3 is 0 Å². The summed E-state index contributed by atoms with van der Waals surface area (Å²) in [6.45, 7) is 1.69. The number of aliphatic hydroxyl groups is 1. The molecule has 3 heteroatoms. The van der Waals surface area contributed by atoms with Gasteiger partial charge in [0.05, 0.1) is 6.10 Å². The highest BCUT2D eigenvalue weighted by Gasteiger charge is 2.58. The van der Waals surface area contributed by atoms with Gasteiger partial charge in [-0.2, -0.15) is 0 Å². The summed E-state index contributed by atoms with van der Waals surface area (Å²) in [5, 5.41) is 10.3. The average molecular weight is 247 g/mol. The average Bonchev–Trinajstić information content (AvgIpc) is 2.94. The maximum atomic E-state index is 13.7. The van der Waals surface area contributed by atoms with Crippen molar-refractivity contribution in [3.05, 3.63) is 35.6 Å². The van der Waals surface area contributed by atoms with Gasteiger partial charge in [-0.25, -0.2) is 4.39 Å². The number of fused-ring (bicyclic) bond motifs is 1. The highest BCUT2D eigenvalue weighted by atomic mass is 19.1. The molecule has 0 aromatic heterocycles. The maximum absolute atomic E-state index is 13.7. The number of aliphatic hydroxyl groups excluding tert-OH is 1. The van der Waals surface area contributed by atoms with Gasteiger partial charge < -0.3 is 5.11 Å². The van der Waals surface area contributed by atoms with E-state index in [9.17, 15) is 9.50 Å². The zero-order chi connectivity index (χ0) is 12.3. The molecule has 96 valence electrons. The molecule has 3 aliphatic rings. The van der Waals surface area contributed by atoms with Crippen LogP contribution in [0.5, 0.6) is 0 Å². The lowest BCUT2D eigenvalue weighted by molar-refractivity contribution is 0.0481. The van der Waals surface area contributed by atoms with Gasteiger partial charge in [0.1, 0.15) is 5.82 Å². The molecule has 18 heavy (non-hydrogen) atoms. The van der Waals surface area contributed by atoms with E-state index in [1.165, 1.54) is 18.9 Å². The second-order valence-corrected chi connectivity index (χ2v) is 6.16. The van der Waals surface area contributed by atoms with Crippen LogP contribution in [0.3, 0.4) is 0 Å². The first-order valence-electron chi connectivity index (χ1n) is 6.89. The fourth-order valence-electron chi connectivity index (χ4n) is 4.57. The molecule has 1 aromatic rings. The van der Waals surface area contributed by atoms with Crippen molar-refractivity contribution in [3.8, 4) is 0 Å². The van der Waals surface area contributed by atoms with Gasteiger partial charge in [0.15, 0.2) is 0 Å². The van der Waals surface area contributed by atoms with Crippen molar-refractivity contribution in [1.29, 1.82) is 0 Å². The predicted molar refractivity (Wildman–Crippen MR) is 66.3 cm³/mol. The van der Waals surface area contributed by atoms with E-state index >= 15 is 0 Å². The molecule has 0 spiro atoms. The van der Waals surface area contributed by atoms with Gasteiger partial charge in [0.25, 0.3) is 0 Å². The third kappa shape index (κ3) is 1.41. The molecule has 1 heterocycles. The molecule has 0 radical (unpaired) electrons. The van der Waals surface area contributed by atoms with E-state index in [2.05, 4.69) is 4.90 Å². The first kappa shape index (κ1) is 10.9. The van der Waals surface area contributed by atoms with E-state index in [4.69, 9.17) is 0 Å². The normalized spacial score (nSPS) is 41.8. The van der Waals surface area contributed by atoms with Crippen LogP contribution in [-0.4, -0.2) is 28.7 Å².